The molecule has 0 bridgehead atoms. The molecule has 0 heterocycles. The summed E-state index contributed by atoms with van der Waals surface area (Å²) < 4.78 is 0. The van der Waals surface area contributed by atoms with Crippen LogP contribution in [0.4, 0.5) is 0 Å². The van der Waals surface area contributed by atoms with Crippen molar-refractivity contribution >= 4 is 0 Å². The summed E-state index contributed by atoms with van der Waals surface area (Å²) >= 11 is 0. The van der Waals surface area contributed by atoms with Gasteiger partial charge in [-0.05, 0) is 6.42 Å². The molecule has 0 saturated carbocycles. The summed E-state index contributed by atoms with van der Waals surface area (Å²) in [6.07, 6.45) is 1.93. The number of hydrogen-bond donors (Lipinski definition) is 3. The highest BCUT2D eigenvalue weighted by Gasteiger charge is 2.13. The monoisotopic (exact) mass is 162 g/mol. The van der Waals surface area contributed by atoms with Gasteiger partial charge in [0.15, 0.2) is 0 Å². The van der Waals surface area contributed by atoms with E-state index in [2.05, 4.69) is 6.92 Å². The second-order valence-electron chi connectivity index (χ2n) is 2.81. The van der Waals surface area contributed by atoms with Crippen molar-refractivity contribution in [1.29, 1.82) is 0 Å². The minimum Gasteiger partial charge on any atom is -0.394 e. The fraction of sp³-hybridized carbons (Fsp3) is 1.00. The minimum absolute atomic E-state index is 0.354. The van der Waals surface area contributed by atoms with Crippen molar-refractivity contribution in [3.05, 3.63) is 0 Å². The number of hydrogen-bond acceptors (Lipinski definition) is 3. The molecule has 0 aliphatic carbocycles. The molecule has 0 aliphatic rings. The lowest BCUT2D eigenvalue weighted by Crippen LogP contribution is -2.28. The first-order valence-electron chi connectivity index (χ1n) is 4.19. The molecule has 3 nitrogen and oxygen atoms in total. The fourth-order valence-corrected chi connectivity index (χ4v) is 0.918. The zero-order chi connectivity index (χ0) is 8.69. The van der Waals surface area contributed by atoms with Crippen molar-refractivity contribution in [2.45, 2.75) is 44.8 Å². The van der Waals surface area contributed by atoms with Crippen molar-refractivity contribution in [3.63, 3.8) is 0 Å². The summed E-state index contributed by atoms with van der Waals surface area (Å²) in [4.78, 5) is 0. The highest BCUT2D eigenvalue weighted by atomic mass is 16.4. The molecule has 0 aliphatic heterocycles. The zero-order valence-electron chi connectivity index (χ0n) is 7.03. The quantitative estimate of drug-likeness (QED) is 0.492. The Labute approximate surface area is 67.7 Å². The van der Waals surface area contributed by atoms with Crippen LogP contribution < -0.4 is 0 Å². The third-order valence-electron chi connectivity index (χ3n) is 1.73. The van der Waals surface area contributed by atoms with E-state index in [1.165, 1.54) is 0 Å². The lowest BCUT2D eigenvalue weighted by Gasteiger charge is -2.14. The number of aliphatic hydroxyl groups is 3. The Morgan fingerprint density at radius 2 is 1.73 bits per heavy atom. The van der Waals surface area contributed by atoms with Crippen LogP contribution in [0.5, 0.6) is 0 Å². The van der Waals surface area contributed by atoms with E-state index in [1.54, 1.807) is 0 Å². The summed E-state index contributed by atoms with van der Waals surface area (Å²) in [6.45, 7) is 1.72. The van der Waals surface area contributed by atoms with Crippen LogP contribution in [0.3, 0.4) is 0 Å². The Kier molecular flexibility index (Phi) is 6.51. The molecule has 0 spiro atoms. The van der Waals surface area contributed by atoms with E-state index < -0.39 is 12.2 Å². The lowest BCUT2D eigenvalue weighted by molar-refractivity contribution is -0.0185. The summed E-state index contributed by atoms with van der Waals surface area (Å²) in [5, 5.41) is 26.5. The van der Waals surface area contributed by atoms with Crippen LogP contribution in [0.1, 0.15) is 32.6 Å². The second-order valence-corrected chi connectivity index (χ2v) is 2.81. The van der Waals surface area contributed by atoms with Crippen LogP contribution in [0.15, 0.2) is 0 Å². The number of aliphatic hydroxyl groups excluding tert-OH is 3. The predicted octanol–water partition coefficient (Wildman–Crippen LogP) is 0.281. The summed E-state index contributed by atoms with van der Waals surface area (Å²) in [7, 11) is 0. The molecule has 0 saturated heterocycles. The second kappa shape index (κ2) is 6.58. The van der Waals surface area contributed by atoms with Crippen molar-refractivity contribution in [3.8, 4) is 0 Å². The van der Waals surface area contributed by atoms with Gasteiger partial charge in [-0.25, -0.2) is 0 Å². The van der Waals surface area contributed by atoms with Gasteiger partial charge in [-0.1, -0.05) is 26.2 Å². The molecule has 3 N–H and O–H groups in total. The van der Waals surface area contributed by atoms with Crippen molar-refractivity contribution in [1.82, 2.24) is 0 Å². The van der Waals surface area contributed by atoms with E-state index in [4.69, 9.17) is 15.3 Å². The fourth-order valence-electron chi connectivity index (χ4n) is 0.918. The predicted molar refractivity (Wildman–Crippen MR) is 43.2 cm³/mol. The average Bonchev–Trinajstić information content (AvgIpc) is 2.03. The van der Waals surface area contributed by atoms with E-state index in [9.17, 15) is 0 Å². The molecule has 68 valence electrons. The van der Waals surface area contributed by atoms with Crippen LogP contribution in [-0.4, -0.2) is 34.1 Å². The maximum atomic E-state index is 9.13. The zero-order valence-corrected chi connectivity index (χ0v) is 7.03. The third-order valence-corrected chi connectivity index (χ3v) is 1.73. The Balaban J connectivity index is 3.28. The van der Waals surface area contributed by atoms with Gasteiger partial charge in [0.05, 0.1) is 12.7 Å². The summed E-state index contributed by atoms with van der Waals surface area (Å²) in [5.74, 6) is 0. The van der Waals surface area contributed by atoms with Crippen LogP contribution in [0.2, 0.25) is 0 Å². The van der Waals surface area contributed by atoms with Crippen LogP contribution in [0, 0.1) is 0 Å². The molecule has 0 aromatic heterocycles. The Morgan fingerprint density at radius 1 is 1.09 bits per heavy atom. The van der Waals surface area contributed by atoms with Crippen LogP contribution in [0.25, 0.3) is 0 Å². The van der Waals surface area contributed by atoms with Gasteiger partial charge in [-0.3, -0.25) is 0 Å². The van der Waals surface area contributed by atoms with E-state index in [-0.39, 0.29) is 6.61 Å². The van der Waals surface area contributed by atoms with E-state index >= 15 is 0 Å². The van der Waals surface area contributed by atoms with E-state index in [0.29, 0.717) is 6.42 Å². The molecular formula is C8H18O3. The molecule has 0 fully saturated rings. The molecule has 3 heteroatoms. The topological polar surface area (TPSA) is 60.7 Å². The van der Waals surface area contributed by atoms with Gasteiger partial charge in [0.25, 0.3) is 0 Å². The van der Waals surface area contributed by atoms with Crippen LogP contribution >= 0.6 is 0 Å². The summed E-state index contributed by atoms with van der Waals surface area (Å²) in [5.41, 5.74) is 0. The lowest BCUT2D eigenvalue weighted by atomic mass is 10.1. The first-order chi connectivity index (χ1) is 5.22. The maximum Gasteiger partial charge on any atom is 0.103 e. The molecule has 0 aromatic rings. The standard InChI is InChI=1S/C8H18O3/c1-2-3-4-5-7(10)8(11)6-9/h7-11H,2-6H2,1H3/t7-,8-/m1/s1. The first-order valence-corrected chi connectivity index (χ1v) is 4.19. The molecule has 2 atom stereocenters. The average molecular weight is 162 g/mol. The SMILES string of the molecule is CCCCC[C@@H](O)[C@H](O)CO. The Bertz CT molecular complexity index is 85.4. The smallest absolute Gasteiger partial charge is 0.103 e. The van der Waals surface area contributed by atoms with E-state index in [1.807, 2.05) is 0 Å². The molecule has 0 amide bonds. The van der Waals surface area contributed by atoms with Crippen LogP contribution in [-0.2, 0) is 0 Å². The largest absolute Gasteiger partial charge is 0.394 e. The minimum atomic E-state index is -0.966. The van der Waals surface area contributed by atoms with Gasteiger partial charge >= 0.3 is 0 Å². The summed E-state index contributed by atoms with van der Waals surface area (Å²) in [6, 6.07) is 0. The van der Waals surface area contributed by atoms with Crippen molar-refractivity contribution in [2.24, 2.45) is 0 Å². The molecule has 0 radical (unpaired) electrons. The Hall–Kier alpha value is -0.120. The van der Waals surface area contributed by atoms with Gasteiger partial charge in [0, 0.05) is 0 Å². The van der Waals surface area contributed by atoms with Gasteiger partial charge in [-0.2, -0.15) is 0 Å². The molecule has 0 unspecified atom stereocenters. The molecule has 0 aromatic carbocycles. The molecular weight excluding hydrogens is 144 g/mol. The van der Waals surface area contributed by atoms with Gasteiger partial charge in [0.2, 0.25) is 0 Å². The number of rotatable bonds is 6. The Morgan fingerprint density at radius 3 is 2.18 bits per heavy atom. The highest BCUT2D eigenvalue weighted by molar-refractivity contribution is 4.65. The van der Waals surface area contributed by atoms with Gasteiger partial charge < -0.3 is 15.3 Å². The molecule has 11 heavy (non-hydrogen) atoms. The van der Waals surface area contributed by atoms with Gasteiger partial charge in [0.1, 0.15) is 6.10 Å². The van der Waals surface area contributed by atoms with E-state index in [0.717, 1.165) is 19.3 Å². The first kappa shape index (κ1) is 10.9. The molecule has 0 rings (SSSR count). The normalized spacial score (nSPS) is 16.4. The van der Waals surface area contributed by atoms with Gasteiger partial charge in [-0.15, -0.1) is 0 Å². The number of unbranched alkanes of at least 4 members (excludes halogenated alkanes) is 2. The highest BCUT2D eigenvalue weighted by Crippen LogP contribution is 2.05. The third kappa shape index (κ3) is 5.18. The van der Waals surface area contributed by atoms with Crippen molar-refractivity contribution in [2.75, 3.05) is 6.61 Å². The van der Waals surface area contributed by atoms with Crippen molar-refractivity contribution < 1.29 is 15.3 Å². The maximum absolute atomic E-state index is 9.13.